The second-order valence-electron chi connectivity index (χ2n) is 4.87. The zero-order valence-corrected chi connectivity index (χ0v) is 11.4. The minimum absolute atomic E-state index is 0.146. The van der Waals surface area contributed by atoms with Gasteiger partial charge in [0.2, 0.25) is 5.91 Å². The molecule has 20 heavy (non-hydrogen) atoms. The predicted molar refractivity (Wildman–Crippen MR) is 75.9 cm³/mol. The molecule has 0 bridgehead atoms. The van der Waals surface area contributed by atoms with Gasteiger partial charge in [-0.1, -0.05) is 0 Å². The summed E-state index contributed by atoms with van der Waals surface area (Å²) in [4.78, 5) is 25.0. The molecule has 0 atom stereocenters. The number of anilines is 1. The molecule has 0 saturated carbocycles. The summed E-state index contributed by atoms with van der Waals surface area (Å²) in [5, 5.41) is 7.43. The Morgan fingerprint density at radius 2 is 2.10 bits per heavy atom. The fourth-order valence-electron chi connectivity index (χ4n) is 1.99. The van der Waals surface area contributed by atoms with E-state index in [2.05, 4.69) is 10.2 Å². The number of benzene rings is 1. The SMILES string of the molecule is CC(C)N(CC(N)=O)C(=O)c1n[nH]c2ccc(N)cc12. The van der Waals surface area contributed by atoms with Crippen molar-refractivity contribution in [3.63, 3.8) is 0 Å². The Balaban J connectivity index is 2.43. The lowest BCUT2D eigenvalue weighted by Gasteiger charge is -2.24. The van der Waals surface area contributed by atoms with Crippen molar-refractivity contribution in [2.75, 3.05) is 12.3 Å². The van der Waals surface area contributed by atoms with E-state index in [9.17, 15) is 9.59 Å². The Hall–Kier alpha value is -2.57. The molecule has 0 fully saturated rings. The van der Waals surface area contributed by atoms with E-state index in [1.54, 1.807) is 18.2 Å². The molecule has 1 heterocycles. The van der Waals surface area contributed by atoms with Gasteiger partial charge in [0.25, 0.3) is 5.91 Å². The van der Waals surface area contributed by atoms with Gasteiger partial charge in [0.15, 0.2) is 5.69 Å². The Labute approximate surface area is 115 Å². The van der Waals surface area contributed by atoms with Crippen LogP contribution in [0.2, 0.25) is 0 Å². The minimum atomic E-state index is -0.564. The third-order valence-corrected chi connectivity index (χ3v) is 3.00. The summed E-state index contributed by atoms with van der Waals surface area (Å²) in [7, 11) is 0. The van der Waals surface area contributed by atoms with Crippen LogP contribution in [0.15, 0.2) is 18.2 Å². The Morgan fingerprint density at radius 1 is 1.40 bits per heavy atom. The van der Waals surface area contributed by atoms with Crippen LogP contribution in [-0.4, -0.2) is 39.5 Å². The highest BCUT2D eigenvalue weighted by Gasteiger charge is 2.24. The summed E-state index contributed by atoms with van der Waals surface area (Å²) in [5.74, 6) is -0.915. The number of nitrogens with zero attached hydrogens (tertiary/aromatic N) is 2. The van der Waals surface area contributed by atoms with Gasteiger partial charge in [0.1, 0.15) is 0 Å². The summed E-state index contributed by atoms with van der Waals surface area (Å²) in [6.45, 7) is 3.47. The summed E-state index contributed by atoms with van der Waals surface area (Å²) in [6, 6.07) is 4.98. The number of hydrogen-bond donors (Lipinski definition) is 3. The van der Waals surface area contributed by atoms with Gasteiger partial charge in [0, 0.05) is 17.1 Å². The molecule has 1 aromatic heterocycles. The van der Waals surface area contributed by atoms with Crippen LogP contribution in [-0.2, 0) is 4.79 Å². The van der Waals surface area contributed by atoms with Crippen LogP contribution in [0.1, 0.15) is 24.3 Å². The number of nitrogen functional groups attached to an aromatic ring is 1. The molecular formula is C13H17N5O2. The fourth-order valence-corrected chi connectivity index (χ4v) is 1.99. The molecule has 106 valence electrons. The second-order valence-corrected chi connectivity index (χ2v) is 4.87. The van der Waals surface area contributed by atoms with Crippen LogP contribution < -0.4 is 11.5 Å². The molecule has 0 aliphatic heterocycles. The molecule has 0 aliphatic carbocycles. The van der Waals surface area contributed by atoms with E-state index in [4.69, 9.17) is 11.5 Å². The number of primary amides is 1. The van der Waals surface area contributed by atoms with Crippen molar-refractivity contribution in [2.45, 2.75) is 19.9 Å². The number of carbonyl (C=O) groups excluding carboxylic acids is 2. The number of amides is 2. The summed E-state index contributed by atoms with van der Waals surface area (Å²) >= 11 is 0. The fraction of sp³-hybridized carbons (Fsp3) is 0.308. The van der Waals surface area contributed by atoms with Gasteiger partial charge < -0.3 is 16.4 Å². The van der Waals surface area contributed by atoms with Crippen molar-refractivity contribution in [1.29, 1.82) is 0 Å². The number of carbonyl (C=O) groups is 2. The molecule has 0 spiro atoms. The van der Waals surface area contributed by atoms with E-state index in [1.165, 1.54) is 4.90 Å². The number of aromatic amines is 1. The highest BCUT2D eigenvalue weighted by molar-refractivity contribution is 6.06. The maximum Gasteiger partial charge on any atom is 0.275 e. The van der Waals surface area contributed by atoms with E-state index in [1.807, 2.05) is 13.8 Å². The molecule has 2 rings (SSSR count). The second kappa shape index (κ2) is 5.20. The topological polar surface area (TPSA) is 118 Å². The minimum Gasteiger partial charge on any atom is -0.399 e. The maximum atomic E-state index is 12.5. The van der Waals surface area contributed by atoms with Crippen molar-refractivity contribution in [3.05, 3.63) is 23.9 Å². The highest BCUT2D eigenvalue weighted by Crippen LogP contribution is 2.20. The zero-order valence-electron chi connectivity index (χ0n) is 11.4. The van der Waals surface area contributed by atoms with E-state index in [0.29, 0.717) is 16.6 Å². The molecule has 2 amide bonds. The molecule has 2 aromatic rings. The van der Waals surface area contributed by atoms with Crippen LogP contribution in [0.4, 0.5) is 5.69 Å². The number of aromatic nitrogens is 2. The monoisotopic (exact) mass is 275 g/mol. The molecule has 0 radical (unpaired) electrons. The Bertz CT molecular complexity index is 662. The average molecular weight is 275 g/mol. The normalized spacial score (nSPS) is 10.9. The number of H-pyrrole nitrogens is 1. The van der Waals surface area contributed by atoms with E-state index in [-0.39, 0.29) is 24.2 Å². The van der Waals surface area contributed by atoms with Crippen molar-refractivity contribution < 1.29 is 9.59 Å². The molecule has 0 unspecified atom stereocenters. The third-order valence-electron chi connectivity index (χ3n) is 3.00. The van der Waals surface area contributed by atoms with Crippen molar-refractivity contribution in [3.8, 4) is 0 Å². The quantitative estimate of drug-likeness (QED) is 0.703. The lowest BCUT2D eigenvalue weighted by Crippen LogP contribution is -2.43. The maximum absolute atomic E-state index is 12.5. The lowest BCUT2D eigenvalue weighted by molar-refractivity contribution is -0.119. The first-order chi connectivity index (χ1) is 9.40. The number of nitrogens with two attached hydrogens (primary N) is 2. The molecular weight excluding hydrogens is 258 g/mol. The molecule has 0 aliphatic rings. The van der Waals surface area contributed by atoms with Gasteiger partial charge in [-0.15, -0.1) is 0 Å². The van der Waals surface area contributed by atoms with Gasteiger partial charge in [-0.2, -0.15) is 5.10 Å². The number of fused-ring (bicyclic) bond motifs is 1. The van der Waals surface area contributed by atoms with E-state index >= 15 is 0 Å². The molecule has 5 N–H and O–H groups in total. The Morgan fingerprint density at radius 3 is 2.70 bits per heavy atom. The van der Waals surface area contributed by atoms with Crippen LogP contribution in [0, 0.1) is 0 Å². The molecule has 7 heteroatoms. The highest BCUT2D eigenvalue weighted by atomic mass is 16.2. The molecule has 0 saturated heterocycles. The number of rotatable bonds is 4. The molecule has 1 aromatic carbocycles. The summed E-state index contributed by atoms with van der Waals surface area (Å²) in [6.07, 6.45) is 0. The summed E-state index contributed by atoms with van der Waals surface area (Å²) in [5.41, 5.74) is 12.4. The zero-order chi connectivity index (χ0) is 14.9. The van der Waals surface area contributed by atoms with Gasteiger partial charge in [0.05, 0.1) is 12.1 Å². The average Bonchev–Trinajstić information content (AvgIpc) is 2.77. The first-order valence-corrected chi connectivity index (χ1v) is 6.23. The van der Waals surface area contributed by atoms with Crippen molar-refractivity contribution in [1.82, 2.24) is 15.1 Å². The van der Waals surface area contributed by atoms with Crippen LogP contribution in [0.25, 0.3) is 10.9 Å². The third kappa shape index (κ3) is 2.56. The van der Waals surface area contributed by atoms with Crippen molar-refractivity contribution >= 4 is 28.4 Å². The summed E-state index contributed by atoms with van der Waals surface area (Å²) < 4.78 is 0. The largest absolute Gasteiger partial charge is 0.399 e. The van der Waals surface area contributed by atoms with Crippen molar-refractivity contribution in [2.24, 2.45) is 5.73 Å². The van der Waals surface area contributed by atoms with Gasteiger partial charge >= 0.3 is 0 Å². The smallest absolute Gasteiger partial charge is 0.275 e. The van der Waals surface area contributed by atoms with Gasteiger partial charge in [-0.05, 0) is 32.0 Å². The van der Waals surface area contributed by atoms with Gasteiger partial charge in [-0.25, -0.2) is 0 Å². The van der Waals surface area contributed by atoms with Gasteiger partial charge in [-0.3, -0.25) is 14.7 Å². The number of nitrogens with one attached hydrogen (secondary N) is 1. The standard InChI is InChI=1S/C13H17N5O2/c1-7(2)18(6-11(15)19)13(20)12-9-5-8(14)3-4-10(9)16-17-12/h3-5,7H,6,14H2,1-2H3,(H2,15,19)(H,16,17). The molecule has 7 nitrogen and oxygen atoms in total. The van der Waals surface area contributed by atoms with E-state index in [0.717, 1.165) is 0 Å². The van der Waals surface area contributed by atoms with Crippen LogP contribution in [0.3, 0.4) is 0 Å². The van der Waals surface area contributed by atoms with Crippen LogP contribution in [0.5, 0.6) is 0 Å². The lowest BCUT2D eigenvalue weighted by atomic mass is 10.1. The van der Waals surface area contributed by atoms with Crippen LogP contribution >= 0.6 is 0 Å². The first-order valence-electron chi connectivity index (χ1n) is 6.23. The Kier molecular flexibility index (Phi) is 3.60. The van der Waals surface area contributed by atoms with E-state index < -0.39 is 5.91 Å². The number of hydrogen-bond acceptors (Lipinski definition) is 4. The predicted octanol–water partition coefficient (Wildman–Crippen LogP) is 0.481. The first kappa shape index (κ1) is 13.9.